The normalized spacial score (nSPS) is 19.8. The summed E-state index contributed by atoms with van der Waals surface area (Å²) in [5.74, 6) is 0. The summed E-state index contributed by atoms with van der Waals surface area (Å²) >= 11 is 5.95. The highest BCUT2D eigenvalue weighted by atomic mass is 35.5. The molecular formula is C10H13ClN2O2S. The van der Waals surface area contributed by atoms with Crippen molar-refractivity contribution in [2.24, 2.45) is 5.14 Å². The highest BCUT2D eigenvalue weighted by Gasteiger charge is 2.27. The number of halogens is 1. The lowest BCUT2D eigenvalue weighted by Gasteiger charge is -2.14. The van der Waals surface area contributed by atoms with Crippen LogP contribution in [0.25, 0.3) is 0 Å². The number of aryl methyl sites for hydroxylation is 2. The van der Waals surface area contributed by atoms with Gasteiger partial charge >= 0.3 is 0 Å². The molecular weight excluding hydrogens is 248 g/mol. The zero-order valence-corrected chi connectivity index (χ0v) is 10.4. The summed E-state index contributed by atoms with van der Waals surface area (Å²) in [6.45, 7) is 1.92. The van der Waals surface area contributed by atoms with Crippen molar-refractivity contribution in [3.05, 3.63) is 33.8 Å². The molecule has 0 amide bonds. The Morgan fingerprint density at radius 3 is 2.81 bits per heavy atom. The molecule has 0 saturated heterocycles. The lowest BCUT2D eigenvalue weighted by Crippen LogP contribution is -2.33. The van der Waals surface area contributed by atoms with Crippen molar-refractivity contribution in [3.63, 3.8) is 0 Å². The molecule has 0 heterocycles. The third-order valence-corrected chi connectivity index (χ3v) is 3.63. The fourth-order valence-corrected chi connectivity index (χ4v) is 3.22. The number of fused-ring (bicyclic) bond motifs is 1. The van der Waals surface area contributed by atoms with Crippen molar-refractivity contribution in [1.29, 1.82) is 0 Å². The predicted molar refractivity (Wildman–Crippen MR) is 63.5 cm³/mol. The average Bonchev–Trinajstić information content (AvgIpc) is 2.44. The lowest BCUT2D eigenvalue weighted by atomic mass is 10.0. The van der Waals surface area contributed by atoms with Crippen LogP contribution in [-0.2, 0) is 16.6 Å². The van der Waals surface area contributed by atoms with E-state index in [4.69, 9.17) is 16.7 Å². The molecule has 0 saturated carbocycles. The first-order chi connectivity index (χ1) is 7.37. The third kappa shape index (κ3) is 2.38. The molecule has 1 aliphatic rings. The van der Waals surface area contributed by atoms with E-state index in [0.29, 0.717) is 5.02 Å². The molecule has 0 spiro atoms. The van der Waals surface area contributed by atoms with Gasteiger partial charge in [0.1, 0.15) is 0 Å². The molecule has 0 radical (unpaired) electrons. The van der Waals surface area contributed by atoms with Crippen LogP contribution in [0, 0.1) is 6.92 Å². The summed E-state index contributed by atoms with van der Waals surface area (Å²) in [6, 6.07) is 3.50. The van der Waals surface area contributed by atoms with Crippen molar-refractivity contribution in [2.45, 2.75) is 25.8 Å². The Balaban J connectivity index is 2.40. The fourth-order valence-electron chi connectivity index (χ4n) is 2.29. The highest BCUT2D eigenvalue weighted by Crippen LogP contribution is 2.35. The van der Waals surface area contributed by atoms with Gasteiger partial charge in [-0.2, -0.15) is 13.1 Å². The second-order valence-electron chi connectivity index (χ2n) is 4.05. The van der Waals surface area contributed by atoms with E-state index >= 15 is 0 Å². The molecule has 1 unspecified atom stereocenters. The maximum absolute atomic E-state index is 11.0. The van der Waals surface area contributed by atoms with Crippen LogP contribution in [0.2, 0.25) is 5.02 Å². The van der Waals surface area contributed by atoms with Gasteiger partial charge in [0.05, 0.1) is 0 Å². The monoisotopic (exact) mass is 260 g/mol. The summed E-state index contributed by atoms with van der Waals surface area (Å²) in [5.41, 5.74) is 3.12. The summed E-state index contributed by atoms with van der Waals surface area (Å²) in [7, 11) is -3.66. The maximum atomic E-state index is 11.0. The van der Waals surface area contributed by atoms with Crippen LogP contribution < -0.4 is 9.86 Å². The first kappa shape index (κ1) is 11.9. The predicted octanol–water partition coefficient (Wildman–Crippen LogP) is 1.43. The summed E-state index contributed by atoms with van der Waals surface area (Å²) in [4.78, 5) is 0. The second kappa shape index (κ2) is 4.00. The molecule has 6 heteroatoms. The Hall–Kier alpha value is -0.620. The van der Waals surface area contributed by atoms with Gasteiger partial charge in [-0.25, -0.2) is 5.14 Å². The molecule has 4 nitrogen and oxygen atoms in total. The molecule has 1 aromatic rings. The summed E-state index contributed by atoms with van der Waals surface area (Å²) < 4.78 is 24.5. The number of nitrogens with one attached hydrogen (secondary N) is 1. The number of nitrogens with two attached hydrogens (primary N) is 1. The van der Waals surface area contributed by atoms with Gasteiger partial charge in [0.25, 0.3) is 10.2 Å². The van der Waals surface area contributed by atoms with Crippen LogP contribution in [0.1, 0.15) is 29.2 Å². The average molecular weight is 261 g/mol. The molecule has 0 fully saturated rings. The molecule has 3 N–H and O–H groups in total. The van der Waals surface area contributed by atoms with Gasteiger partial charge in [-0.1, -0.05) is 11.6 Å². The van der Waals surface area contributed by atoms with E-state index in [0.717, 1.165) is 29.5 Å². The highest BCUT2D eigenvalue weighted by molar-refractivity contribution is 7.87. The summed E-state index contributed by atoms with van der Waals surface area (Å²) in [5, 5.41) is 5.67. The van der Waals surface area contributed by atoms with E-state index in [-0.39, 0.29) is 6.04 Å². The van der Waals surface area contributed by atoms with Gasteiger partial charge < -0.3 is 0 Å². The Kier molecular flexibility index (Phi) is 2.96. The van der Waals surface area contributed by atoms with Crippen LogP contribution in [0.3, 0.4) is 0 Å². The van der Waals surface area contributed by atoms with Crippen molar-refractivity contribution < 1.29 is 8.42 Å². The Morgan fingerprint density at radius 1 is 1.50 bits per heavy atom. The topological polar surface area (TPSA) is 72.2 Å². The standard InChI is InChI=1S/C10H13ClN2O2S/c1-6-4-8(11)5-7-2-3-9(10(6)7)13-16(12,14)15/h4-5,9,13H,2-3H2,1H3,(H2,12,14,15). The molecule has 1 aromatic carbocycles. The molecule has 2 rings (SSSR count). The SMILES string of the molecule is Cc1cc(Cl)cc2c1C(NS(N)(=O)=O)CC2. The van der Waals surface area contributed by atoms with Crippen LogP contribution in [0.4, 0.5) is 0 Å². The number of rotatable bonds is 2. The molecule has 88 valence electrons. The number of hydrogen-bond donors (Lipinski definition) is 2. The van der Waals surface area contributed by atoms with E-state index in [2.05, 4.69) is 4.72 Å². The van der Waals surface area contributed by atoms with Crippen LogP contribution in [-0.4, -0.2) is 8.42 Å². The first-order valence-corrected chi connectivity index (χ1v) is 6.88. The zero-order chi connectivity index (χ0) is 11.9. The first-order valence-electron chi connectivity index (χ1n) is 4.96. The minimum Gasteiger partial charge on any atom is -0.216 e. The molecule has 1 aliphatic carbocycles. The van der Waals surface area contributed by atoms with E-state index in [1.807, 2.05) is 19.1 Å². The Morgan fingerprint density at radius 2 is 2.19 bits per heavy atom. The van der Waals surface area contributed by atoms with Gasteiger partial charge in [-0.15, -0.1) is 0 Å². The van der Waals surface area contributed by atoms with Gasteiger partial charge in [-0.05, 0) is 48.6 Å². The van der Waals surface area contributed by atoms with Crippen molar-refractivity contribution in [3.8, 4) is 0 Å². The van der Waals surface area contributed by atoms with Crippen molar-refractivity contribution in [2.75, 3.05) is 0 Å². The van der Waals surface area contributed by atoms with E-state index in [1.165, 1.54) is 0 Å². The second-order valence-corrected chi connectivity index (χ2v) is 5.81. The third-order valence-electron chi connectivity index (χ3n) is 2.79. The van der Waals surface area contributed by atoms with Crippen LogP contribution >= 0.6 is 11.6 Å². The molecule has 0 aliphatic heterocycles. The van der Waals surface area contributed by atoms with Gasteiger partial charge in [0.15, 0.2) is 0 Å². The van der Waals surface area contributed by atoms with E-state index in [9.17, 15) is 8.42 Å². The quantitative estimate of drug-likeness (QED) is 0.844. The summed E-state index contributed by atoms with van der Waals surface area (Å²) in [6.07, 6.45) is 1.55. The smallest absolute Gasteiger partial charge is 0.216 e. The van der Waals surface area contributed by atoms with Gasteiger partial charge in [0.2, 0.25) is 0 Å². The Bertz CT molecular complexity index is 528. The molecule has 0 bridgehead atoms. The van der Waals surface area contributed by atoms with Crippen molar-refractivity contribution in [1.82, 2.24) is 4.72 Å². The maximum Gasteiger partial charge on any atom is 0.274 e. The van der Waals surface area contributed by atoms with E-state index in [1.54, 1.807) is 0 Å². The zero-order valence-electron chi connectivity index (χ0n) is 8.83. The Labute approximate surface area is 100.0 Å². The molecule has 0 aromatic heterocycles. The van der Waals surface area contributed by atoms with E-state index < -0.39 is 10.2 Å². The van der Waals surface area contributed by atoms with Crippen LogP contribution in [0.15, 0.2) is 12.1 Å². The minimum absolute atomic E-state index is 0.220. The fraction of sp³-hybridized carbons (Fsp3) is 0.400. The largest absolute Gasteiger partial charge is 0.274 e. The number of benzene rings is 1. The van der Waals surface area contributed by atoms with Gasteiger partial charge in [-0.3, -0.25) is 0 Å². The van der Waals surface area contributed by atoms with Crippen molar-refractivity contribution >= 4 is 21.8 Å². The van der Waals surface area contributed by atoms with Gasteiger partial charge in [0, 0.05) is 11.1 Å². The minimum atomic E-state index is -3.66. The number of hydrogen-bond acceptors (Lipinski definition) is 2. The molecule has 16 heavy (non-hydrogen) atoms. The lowest BCUT2D eigenvalue weighted by molar-refractivity contribution is 0.555. The molecule has 1 atom stereocenters. The van der Waals surface area contributed by atoms with Crippen LogP contribution in [0.5, 0.6) is 0 Å².